The van der Waals surface area contributed by atoms with Gasteiger partial charge in [-0.2, -0.15) is 0 Å². The van der Waals surface area contributed by atoms with Crippen LogP contribution in [0.2, 0.25) is 0 Å². The molecule has 2 aromatic rings. The van der Waals surface area contributed by atoms with E-state index in [1.165, 1.54) is 21.3 Å². The van der Waals surface area contributed by atoms with Gasteiger partial charge in [0.2, 0.25) is 0 Å². The van der Waals surface area contributed by atoms with E-state index in [9.17, 15) is 0 Å². The summed E-state index contributed by atoms with van der Waals surface area (Å²) in [5.41, 5.74) is 10.7. The van der Waals surface area contributed by atoms with Crippen molar-refractivity contribution < 1.29 is 0 Å². The molecule has 19 heavy (non-hydrogen) atoms. The Balaban J connectivity index is 1.83. The molecule has 3 nitrogen and oxygen atoms in total. The largest absolute Gasteiger partial charge is 0.375 e. The fourth-order valence-electron chi connectivity index (χ4n) is 2.54. The molecule has 2 N–H and O–H groups in total. The van der Waals surface area contributed by atoms with E-state index in [0.29, 0.717) is 5.13 Å². The van der Waals surface area contributed by atoms with E-state index in [0.717, 1.165) is 17.3 Å². The Bertz CT molecular complexity index is 841. The number of nitrogens with zero attached hydrogens (tertiary/aromatic N) is 2. The Morgan fingerprint density at radius 3 is 3.00 bits per heavy atom. The monoisotopic (exact) mass is 265 g/mol. The third-order valence-corrected chi connectivity index (χ3v) is 4.25. The van der Waals surface area contributed by atoms with Gasteiger partial charge in [-0.1, -0.05) is 23.5 Å². The van der Waals surface area contributed by atoms with Crippen molar-refractivity contribution in [3.05, 3.63) is 57.7 Å². The van der Waals surface area contributed by atoms with E-state index in [-0.39, 0.29) is 0 Å². The predicted octanol–water partition coefficient (Wildman–Crippen LogP) is 1.48. The van der Waals surface area contributed by atoms with Crippen LogP contribution in [-0.4, -0.2) is 9.97 Å². The van der Waals surface area contributed by atoms with Crippen LogP contribution in [0.1, 0.15) is 12.0 Å². The standard InChI is InChI=1S/C15H11N3S/c16-15-18-14-12-4-3-9(10-2-1-5-17-8-10)6-11(12)7-13(14)19-15/h1-3,5-8H,4H2,(H2,16,18). The summed E-state index contributed by atoms with van der Waals surface area (Å²) in [5, 5.41) is 1.71. The molecule has 4 rings (SSSR count). The Morgan fingerprint density at radius 1 is 1.21 bits per heavy atom. The van der Waals surface area contributed by atoms with Crippen molar-refractivity contribution in [3.63, 3.8) is 0 Å². The molecule has 0 bridgehead atoms. The van der Waals surface area contributed by atoms with Crippen molar-refractivity contribution in [1.29, 1.82) is 0 Å². The van der Waals surface area contributed by atoms with Gasteiger partial charge in [0.25, 0.3) is 0 Å². The number of aromatic nitrogens is 2. The SMILES string of the molecule is Nc1nc2c(s1)=CC1=CC(c3cccnc3)=CCC=21. The summed E-state index contributed by atoms with van der Waals surface area (Å²) in [6, 6.07) is 4.05. The van der Waals surface area contributed by atoms with Crippen LogP contribution in [0.15, 0.2) is 42.3 Å². The highest BCUT2D eigenvalue weighted by Crippen LogP contribution is 2.31. The highest BCUT2D eigenvalue weighted by molar-refractivity contribution is 7.13. The number of nitrogen functional groups attached to an aromatic ring is 1. The maximum atomic E-state index is 5.76. The second-order valence-corrected chi connectivity index (χ2v) is 5.66. The Hall–Kier alpha value is -2.20. The lowest BCUT2D eigenvalue weighted by Gasteiger charge is -2.12. The third-order valence-electron chi connectivity index (χ3n) is 3.42. The first kappa shape index (κ1) is 10.7. The lowest BCUT2D eigenvalue weighted by atomic mass is 9.93. The molecule has 0 amide bonds. The van der Waals surface area contributed by atoms with Crippen molar-refractivity contribution in [2.45, 2.75) is 6.42 Å². The van der Waals surface area contributed by atoms with Crippen LogP contribution in [-0.2, 0) is 0 Å². The number of allylic oxidation sites excluding steroid dienone is 4. The van der Waals surface area contributed by atoms with Gasteiger partial charge in [0, 0.05) is 12.4 Å². The van der Waals surface area contributed by atoms with Crippen molar-refractivity contribution in [1.82, 2.24) is 9.97 Å². The molecule has 0 spiro atoms. The number of nitrogens with two attached hydrogens (primary N) is 1. The van der Waals surface area contributed by atoms with Crippen LogP contribution in [0.25, 0.3) is 17.2 Å². The maximum Gasteiger partial charge on any atom is 0.181 e. The van der Waals surface area contributed by atoms with E-state index in [2.05, 4.69) is 34.3 Å². The number of hydrogen-bond donors (Lipinski definition) is 1. The molecule has 0 unspecified atom stereocenters. The quantitative estimate of drug-likeness (QED) is 0.849. The van der Waals surface area contributed by atoms with Crippen molar-refractivity contribution >= 4 is 33.7 Å². The zero-order valence-corrected chi connectivity index (χ0v) is 10.9. The van der Waals surface area contributed by atoms with Gasteiger partial charge in [0.05, 0.1) is 9.88 Å². The molecule has 0 aliphatic heterocycles. The lowest BCUT2D eigenvalue weighted by molar-refractivity contribution is 1.26. The van der Waals surface area contributed by atoms with Gasteiger partial charge in [0.15, 0.2) is 5.13 Å². The van der Waals surface area contributed by atoms with E-state index >= 15 is 0 Å². The molecular formula is C15H11N3S. The average molecular weight is 265 g/mol. The van der Waals surface area contributed by atoms with Crippen molar-refractivity contribution in [3.8, 4) is 0 Å². The van der Waals surface area contributed by atoms with Gasteiger partial charge < -0.3 is 5.73 Å². The number of thiazole rings is 1. The normalized spacial score (nSPS) is 16.3. The van der Waals surface area contributed by atoms with Gasteiger partial charge in [-0.15, -0.1) is 0 Å². The van der Waals surface area contributed by atoms with E-state index < -0.39 is 0 Å². The Labute approximate surface area is 114 Å². The number of pyridine rings is 1. The van der Waals surface area contributed by atoms with Gasteiger partial charge in [-0.3, -0.25) is 4.98 Å². The average Bonchev–Trinajstić information content (AvgIpc) is 2.95. The minimum atomic E-state index is 0.648. The first-order chi connectivity index (χ1) is 9.31. The zero-order chi connectivity index (χ0) is 12.8. The second-order valence-electron chi connectivity index (χ2n) is 4.59. The number of hydrogen-bond acceptors (Lipinski definition) is 4. The molecule has 0 atom stereocenters. The topological polar surface area (TPSA) is 51.8 Å². The van der Waals surface area contributed by atoms with E-state index in [4.69, 9.17) is 5.73 Å². The molecular weight excluding hydrogens is 254 g/mol. The summed E-state index contributed by atoms with van der Waals surface area (Å²) in [6.07, 6.45) is 11.2. The van der Waals surface area contributed by atoms with Crippen LogP contribution >= 0.6 is 11.3 Å². The highest BCUT2D eigenvalue weighted by Gasteiger charge is 2.18. The zero-order valence-electron chi connectivity index (χ0n) is 10.1. The number of fused-ring (bicyclic) bond motifs is 2. The second kappa shape index (κ2) is 3.90. The lowest BCUT2D eigenvalue weighted by Crippen LogP contribution is -2.19. The fourth-order valence-corrected chi connectivity index (χ4v) is 3.36. The molecule has 0 aromatic carbocycles. The van der Waals surface area contributed by atoms with Crippen LogP contribution in [0.5, 0.6) is 0 Å². The van der Waals surface area contributed by atoms with Gasteiger partial charge in [-0.05, 0) is 46.9 Å². The van der Waals surface area contributed by atoms with E-state index in [1.54, 1.807) is 17.5 Å². The fraction of sp³-hybridized carbons (Fsp3) is 0.0667. The molecule has 2 aliphatic carbocycles. The molecule has 92 valence electrons. The summed E-state index contributed by atoms with van der Waals surface area (Å²) in [5.74, 6) is 0. The number of rotatable bonds is 1. The van der Waals surface area contributed by atoms with Crippen LogP contribution in [0.3, 0.4) is 0 Å². The first-order valence-corrected chi connectivity index (χ1v) is 6.93. The first-order valence-electron chi connectivity index (χ1n) is 6.11. The number of anilines is 1. The summed E-state index contributed by atoms with van der Waals surface area (Å²) >= 11 is 1.55. The minimum Gasteiger partial charge on any atom is -0.375 e. The van der Waals surface area contributed by atoms with Crippen molar-refractivity contribution in [2.75, 3.05) is 5.73 Å². The molecule has 4 heteroatoms. The molecule has 2 aromatic heterocycles. The summed E-state index contributed by atoms with van der Waals surface area (Å²) in [7, 11) is 0. The summed E-state index contributed by atoms with van der Waals surface area (Å²) < 4.78 is 1.18. The molecule has 0 saturated carbocycles. The van der Waals surface area contributed by atoms with E-state index in [1.807, 2.05) is 12.3 Å². The van der Waals surface area contributed by atoms with Crippen molar-refractivity contribution in [2.24, 2.45) is 0 Å². The van der Waals surface area contributed by atoms with Crippen LogP contribution in [0.4, 0.5) is 5.13 Å². The third kappa shape index (κ3) is 1.64. The Kier molecular flexibility index (Phi) is 2.19. The molecule has 2 heterocycles. The molecule has 0 fully saturated rings. The summed E-state index contributed by atoms with van der Waals surface area (Å²) in [6.45, 7) is 0. The molecule has 0 radical (unpaired) electrons. The summed E-state index contributed by atoms with van der Waals surface area (Å²) in [4.78, 5) is 8.59. The van der Waals surface area contributed by atoms with Crippen LogP contribution < -0.4 is 15.6 Å². The smallest absolute Gasteiger partial charge is 0.181 e. The van der Waals surface area contributed by atoms with Crippen LogP contribution in [0, 0.1) is 0 Å². The van der Waals surface area contributed by atoms with Gasteiger partial charge in [-0.25, -0.2) is 4.98 Å². The van der Waals surface area contributed by atoms with Gasteiger partial charge >= 0.3 is 0 Å². The molecule has 0 saturated heterocycles. The highest BCUT2D eigenvalue weighted by atomic mass is 32.1. The Morgan fingerprint density at radius 2 is 2.16 bits per heavy atom. The predicted molar refractivity (Wildman–Crippen MR) is 78.6 cm³/mol. The maximum absolute atomic E-state index is 5.76. The minimum absolute atomic E-state index is 0.648. The molecule has 2 aliphatic rings. The van der Waals surface area contributed by atoms with Gasteiger partial charge in [0.1, 0.15) is 0 Å².